The van der Waals surface area contributed by atoms with Crippen LogP contribution in [0.5, 0.6) is 0 Å². The van der Waals surface area contributed by atoms with Gasteiger partial charge in [-0.1, -0.05) is 12.1 Å². The van der Waals surface area contributed by atoms with E-state index < -0.39 is 46.7 Å². The number of halogens is 4. The molecule has 1 saturated heterocycles. The predicted molar refractivity (Wildman–Crippen MR) is 110 cm³/mol. The number of carbonyl (C=O) groups is 3. The predicted octanol–water partition coefficient (Wildman–Crippen LogP) is 3.83. The van der Waals surface area contributed by atoms with E-state index in [0.717, 1.165) is 17.0 Å². The van der Waals surface area contributed by atoms with Crippen LogP contribution in [0.25, 0.3) is 0 Å². The van der Waals surface area contributed by atoms with Gasteiger partial charge in [0.05, 0.1) is 25.3 Å². The third-order valence-corrected chi connectivity index (χ3v) is 4.99. The summed E-state index contributed by atoms with van der Waals surface area (Å²) in [5.41, 5.74) is -2.76. The maximum Gasteiger partial charge on any atom is 0.416 e. The van der Waals surface area contributed by atoms with Gasteiger partial charge in [0.2, 0.25) is 5.91 Å². The highest BCUT2D eigenvalue weighted by atomic mass is 35.5. The Hall–Kier alpha value is -2.49. The fourth-order valence-corrected chi connectivity index (χ4v) is 3.39. The van der Waals surface area contributed by atoms with Gasteiger partial charge < -0.3 is 19.3 Å². The van der Waals surface area contributed by atoms with E-state index in [1.54, 1.807) is 27.7 Å². The Kier molecular flexibility index (Phi) is 7.70. The molecule has 0 N–H and O–H groups in total. The summed E-state index contributed by atoms with van der Waals surface area (Å²) in [5, 5.41) is 0. The van der Waals surface area contributed by atoms with Crippen LogP contribution in [0.3, 0.4) is 0 Å². The van der Waals surface area contributed by atoms with Gasteiger partial charge in [0.15, 0.2) is 5.54 Å². The third-order valence-electron chi connectivity index (χ3n) is 4.77. The molecule has 1 aromatic rings. The monoisotopic (exact) mass is 478 g/mol. The van der Waals surface area contributed by atoms with E-state index >= 15 is 0 Å². The first-order valence-electron chi connectivity index (χ1n) is 9.91. The molecule has 2 amide bonds. The second-order valence-electron chi connectivity index (χ2n) is 8.40. The van der Waals surface area contributed by atoms with Gasteiger partial charge in [0, 0.05) is 6.54 Å². The van der Waals surface area contributed by atoms with Crippen LogP contribution >= 0.6 is 11.6 Å². The molecule has 1 aromatic carbocycles. The number of benzene rings is 1. The Morgan fingerprint density at radius 2 is 1.69 bits per heavy atom. The van der Waals surface area contributed by atoms with Gasteiger partial charge in [-0.05, 0) is 45.4 Å². The Morgan fingerprint density at radius 3 is 2.12 bits per heavy atom. The molecule has 0 spiro atoms. The lowest BCUT2D eigenvalue weighted by Crippen LogP contribution is -2.76. The number of carbonyl (C=O) groups excluding carboxylic acids is 3. The molecular formula is C21H26ClF3N2O5. The highest BCUT2D eigenvalue weighted by Crippen LogP contribution is 2.34. The van der Waals surface area contributed by atoms with Crippen molar-refractivity contribution in [2.75, 3.05) is 25.6 Å². The second-order valence-corrected chi connectivity index (χ2v) is 8.66. The Balaban J connectivity index is 2.32. The molecule has 1 fully saturated rings. The standard InChI is InChI=1S/C21H26ClF3N2O5/c1-5-31-17(29)20(12-26(13-20)18(30)32-19(2,3)4)27(16(28)10-22)11-14-6-8-15(9-7-14)21(23,24)25/h6-9H,5,10-13H2,1-4H3. The smallest absolute Gasteiger partial charge is 0.416 e. The Labute approximate surface area is 189 Å². The first-order chi connectivity index (χ1) is 14.7. The van der Waals surface area contributed by atoms with E-state index in [4.69, 9.17) is 21.1 Å². The van der Waals surface area contributed by atoms with Gasteiger partial charge in [-0.3, -0.25) is 4.79 Å². The molecule has 32 heavy (non-hydrogen) atoms. The largest absolute Gasteiger partial charge is 0.464 e. The Morgan fingerprint density at radius 1 is 1.12 bits per heavy atom. The fourth-order valence-electron chi connectivity index (χ4n) is 3.25. The van der Waals surface area contributed by atoms with Crippen molar-refractivity contribution in [2.24, 2.45) is 0 Å². The number of ether oxygens (including phenoxy) is 2. The molecule has 0 bridgehead atoms. The number of esters is 1. The average Bonchev–Trinajstić information content (AvgIpc) is 2.64. The molecule has 0 radical (unpaired) electrons. The van der Waals surface area contributed by atoms with Crippen LogP contribution in [0, 0.1) is 0 Å². The molecular weight excluding hydrogens is 453 g/mol. The maximum absolute atomic E-state index is 12.9. The zero-order chi connectivity index (χ0) is 24.3. The van der Waals surface area contributed by atoms with Gasteiger partial charge in [-0.25, -0.2) is 9.59 Å². The highest BCUT2D eigenvalue weighted by Gasteiger charge is 2.58. The summed E-state index contributed by atoms with van der Waals surface area (Å²) < 4.78 is 49.0. The average molecular weight is 479 g/mol. The van der Waals surface area contributed by atoms with Crippen LogP contribution in [0.2, 0.25) is 0 Å². The molecule has 1 aliphatic heterocycles. The molecule has 0 unspecified atom stereocenters. The van der Waals surface area contributed by atoms with Crippen LogP contribution in [-0.4, -0.2) is 64.5 Å². The van der Waals surface area contributed by atoms with Crippen molar-refractivity contribution in [2.45, 2.75) is 51.6 Å². The van der Waals surface area contributed by atoms with Crippen molar-refractivity contribution >= 4 is 29.6 Å². The summed E-state index contributed by atoms with van der Waals surface area (Å²) in [6, 6.07) is 4.23. The lowest BCUT2D eigenvalue weighted by Gasteiger charge is -2.53. The molecule has 1 aliphatic rings. The van der Waals surface area contributed by atoms with Crippen molar-refractivity contribution in [3.05, 3.63) is 35.4 Å². The summed E-state index contributed by atoms with van der Waals surface area (Å²) in [5.74, 6) is -1.82. The minimum Gasteiger partial charge on any atom is -0.464 e. The first-order valence-corrected chi connectivity index (χ1v) is 10.4. The van der Waals surface area contributed by atoms with Crippen LogP contribution in [-0.2, 0) is 31.8 Å². The minimum absolute atomic E-state index is 0.0379. The summed E-state index contributed by atoms with van der Waals surface area (Å²) in [7, 11) is 0. The molecule has 0 aromatic heterocycles. The number of amides is 2. The van der Waals surface area contributed by atoms with Gasteiger partial charge in [0.1, 0.15) is 11.5 Å². The molecule has 0 saturated carbocycles. The number of hydrogen-bond acceptors (Lipinski definition) is 5. The van der Waals surface area contributed by atoms with Gasteiger partial charge >= 0.3 is 18.2 Å². The molecule has 0 aliphatic carbocycles. The lowest BCUT2D eigenvalue weighted by atomic mass is 9.87. The summed E-state index contributed by atoms with van der Waals surface area (Å²) in [6.07, 6.45) is -5.16. The number of alkyl halides is 4. The molecule has 11 heteroatoms. The SMILES string of the molecule is CCOC(=O)C1(N(Cc2ccc(C(F)(F)F)cc2)C(=O)CCl)CN(C(=O)OC(C)(C)C)C1. The zero-order valence-corrected chi connectivity index (χ0v) is 19.0. The second kappa shape index (κ2) is 9.56. The van der Waals surface area contributed by atoms with E-state index in [-0.39, 0.29) is 26.2 Å². The Bertz CT molecular complexity index is 846. The van der Waals surface area contributed by atoms with Crippen LogP contribution in [0.4, 0.5) is 18.0 Å². The quantitative estimate of drug-likeness (QED) is 0.459. The van der Waals surface area contributed by atoms with Gasteiger partial charge in [-0.15, -0.1) is 11.6 Å². The third kappa shape index (κ3) is 5.85. The van der Waals surface area contributed by atoms with E-state index in [2.05, 4.69) is 0 Å². The number of rotatable bonds is 6. The van der Waals surface area contributed by atoms with Crippen molar-refractivity contribution in [1.82, 2.24) is 9.80 Å². The normalized spacial score (nSPS) is 15.6. The number of likely N-dealkylation sites (tertiary alicyclic amines) is 1. The summed E-state index contributed by atoms with van der Waals surface area (Å²) >= 11 is 5.76. The molecule has 2 rings (SSSR count). The molecule has 178 valence electrons. The fraction of sp³-hybridized carbons (Fsp3) is 0.571. The zero-order valence-electron chi connectivity index (χ0n) is 18.3. The highest BCUT2D eigenvalue weighted by molar-refractivity contribution is 6.27. The van der Waals surface area contributed by atoms with Crippen LogP contribution in [0.15, 0.2) is 24.3 Å². The van der Waals surface area contributed by atoms with E-state index in [9.17, 15) is 27.6 Å². The molecule has 0 atom stereocenters. The maximum atomic E-state index is 12.9. The van der Waals surface area contributed by atoms with E-state index in [1.165, 1.54) is 17.0 Å². The van der Waals surface area contributed by atoms with Crippen molar-refractivity contribution < 1.29 is 37.0 Å². The van der Waals surface area contributed by atoms with Crippen LogP contribution in [0.1, 0.15) is 38.8 Å². The van der Waals surface area contributed by atoms with Gasteiger partial charge in [-0.2, -0.15) is 13.2 Å². The van der Waals surface area contributed by atoms with Crippen molar-refractivity contribution in [3.63, 3.8) is 0 Å². The lowest BCUT2D eigenvalue weighted by molar-refractivity contribution is -0.176. The van der Waals surface area contributed by atoms with Crippen molar-refractivity contribution in [1.29, 1.82) is 0 Å². The first kappa shape index (κ1) is 25.8. The minimum atomic E-state index is -4.50. The molecule has 1 heterocycles. The number of hydrogen-bond donors (Lipinski definition) is 0. The van der Waals surface area contributed by atoms with E-state index in [1.807, 2.05) is 0 Å². The van der Waals surface area contributed by atoms with Gasteiger partial charge in [0.25, 0.3) is 0 Å². The topological polar surface area (TPSA) is 76.2 Å². The number of nitrogens with zero attached hydrogens (tertiary/aromatic N) is 2. The van der Waals surface area contributed by atoms with E-state index in [0.29, 0.717) is 5.56 Å². The molecule has 7 nitrogen and oxygen atoms in total. The van der Waals surface area contributed by atoms with Crippen LogP contribution < -0.4 is 0 Å². The summed E-state index contributed by atoms with van der Waals surface area (Å²) in [4.78, 5) is 40.3. The van der Waals surface area contributed by atoms with Crippen molar-refractivity contribution in [3.8, 4) is 0 Å². The summed E-state index contributed by atoms with van der Waals surface area (Å²) in [6.45, 7) is 6.14.